The molecule has 1 aromatic heterocycles. The number of amides is 1. The van der Waals surface area contributed by atoms with E-state index in [0.29, 0.717) is 36.2 Å². The van der Waals surface area contributed by atoms with E-state index in [-0.39, 0.29) is 12.3 Å². The van der Waals surface area contributed by atoms with Crippen LogP contribution in [0.5, 0.6) is 5.75 Å². The van der Waals surface area contributed by atoms with Crippen molar-refractivity contribution in [1.82, 2.24) is 10.3 Å². The first-order valence-electron chi connectivity index (χ1n) is 8.01. The molecule has 1 aromatic carbocycles. The maximum atomic E-state index is 12.0. The van der Waals surface area contributed by atoms with Gasteiger partial charge < -0.3 is 19.2 Å². The molecule has 2 rings (SSSR count). The minimum atomic E-state index is -0.0598. The molecule has 0 radical (unpaired) electrons. The van der Waals surface area contributed by atoms with Crippen LogP contribution in [0, 0.1) is 6.92 Å². The molecule has 6 heteroatoms. The second-order valence-electron chi connectivity index (χ2n) is 5.45. The summed E-state index contributed by atoms with van der Waals surface area (Å²) in [6.45, 7) is 3.16. The van der Waals surface area contributed by atoms with E-state index in [4.69, 9.17) is 13.9 Å². The Bertz CT molecular complexity index is 667. The zero-order valence-corrected chi connectivity index (χ0v) is 14.4. The Morgan fingerprint density at radius 3 is 2.79 bits per heavy atom. The highest BCUT2D eigenvalue weighted by molar-refractivity contribution is 5.78. The van der Waals surface area contributed by atoms with E-state index in [1.807, 2.05) is 31.2 Å². The summed E-state index contributed by atoms with van der Waals surface area (Å²) >= 11 is 0. The molecule has 24 heavy (non-hydrogen) atoms. The highest BCUT2D eigenvalue weighted by atomic mass is 16.5. The average molecular weight is 332 g/mol. The van der Waals surface area contributed by atoms with Crippen LogP contribution in [0.25, 0.3) is 11.5 Å². The normalized spacial score (nSPS) is 10.6. The summed E-state index contributed by atoms with van der Waals surface area (Å²) in [5.74, 6) is 1.74. The van der Waals surface area contributed by atoms with Crippen molar-refractivity contribution >= 4 is 5.91 Å². The number of hydrogen-bond acceptors (Lipinski definition) is 5. The highest BCUT2D eigenvalue weighted by Crippen LogP contribution is 2.30. The maximum Gasteiger partial charge on any atom is 0.230 e. The van der Waals surface area contributed by atoms with E-state index in [1.54, 1.807) is 14.2 Å². The largest absolute Gasteiger partial charge is 0.496 e. The fourth-order valence-electron chi connectivity index (χ4n) is 2.34. The van der Waals surface area contributed by atoms with Gasteiger partial charge in [-0.05, 0) is 31.9 Å². The summed E-state index contributed by atoms with van der Waals surface area (Å²) in [4.78, 5) is 16.5. The van der Waals surface area contributed by atoms with Gasteiger partial charge in [-0.1, -0.05) is 12.1 Å². The number of carbonyl (C=O) groups excluding carboxylic acids is 1. The number of rotatable bonds is 9. The molecule has 0 aliphatic heterocycles. The lowest BCUT2D eigenvalue weighted by Gasteiger charge is -2.04. The quantitative estimate of drug-likeness (QED) is 0.715. The minimum absolute atomic E-state index is 0.0598. The van der Waals surface area contributed by atoms with E-state index >= 15 is 0 Å². The molecule has 1 amide bonds. The van der Waals surface area contributed by atoms with Gasteiger partial charge in [0.05, 0.1) is 24.8 Å². The number of benzene rings is 1. The number of nitrogens with one attached hydrogen (secondary N) is 1. The summed E-state index contributed by atoms with van der Waals surface area (Å²) in [5, 5.41) is 2.89. The van der Waals surface area contributed by atoms with Crippen molar-refractivity contribution in [1.29, 1.82) is 0 Å². The van der Waals surface area contributed by atoms with Crippen molar-refractivity contribution in [2.75, 3.05) is 27.4 Å². The molecular formula is C18H24N2O4. The van der Waals surface area contributed by atoms with Gasteiger partial charge in [-0.3, -0.25) is 4.79 Å². The summed E-state index contributed by atoms with van der Waals surface area (Å²) in [6.07, 6.45) is 2.02. The van der Waals surface area contributed by atoms with E-state index in [0.717, 1.165) is 18.4 Å². The van der Waals surface area contributed by atoms with Crippen molar-refractivity contribution in [3.05, 3.63) is 35.7 Å². The molecule has 0 saturated heterocycles. The van der Waals surface area contributed by atoms with Gasteiger partial charge in [0.1, 0.15) is 11.5 Å². The van der Waals surface area contributed by atoms with Crippen molar-refractivity contribution in [3.63, 3.8) is 0 Å². The summed E-state index contributed by atoms with van der Waals surface area (Å²) in [6, 6.07) is 7.50. The molecule has 0 spiro atoms. The Morgan fingerprint density at radius 1 is 1.25 bits per heavy atom. The number of aryl methyl sites for hydroxylation is 1. The second kappa shape index (κ2) is 9.08. The van der Waals surface area contributed by atoms with E-state index in [2.05, 4.69) is 10.3 Å². The third kappa shape index (κ3) is 4.83. The number of hydrogen-bond donors (Lipinski definition) is 1. The molecule has 1 N–H and O–H groups in total. The predicted molar refractivity (Wildman–Crippen MR) is 91.1 cm³/mol. The number of para-hydroxylation sites is 1. The molecular weight excluding hydrogens is 308 g/mol. The zero-order valence-electron chi connectivity index (χ0n) is 14.4. The third-order valence-electron chi connectivity index (χ3n) is 3.66. The summed E-state index contributed by atoms with van der Waals surface area (Å²) < 4.78 is 16.0. The van der Waals surface area contributed by atoms with Crippen LogP contribution in [0.3, 0.4) is 0 Å². The van der Waals surface area contributed by atoms with Crippen LogP contribution in [0.2, 0.25) is 0 Å². The Balaban J connectivity index is 1.97. The van der Waals surface area contributed by atoms with Gasteiger partial charge in [-0.25, -0.2) is 4.98 Å². The lowest BCUT2D eigenvalue weighted by molar-refractivity contribution is -0.120. The molecule has 0 unspecified atom stereocenters. The Labute approximate surface area is 142 Å². The first-order chi connectivity index (χ1) is 11.7. The summed E-state index contributed by atoms with van der Waals surface area (Å²) in [7, 11) is 3.28. The van der Waals surface area contributed by atoms with Crippen LogP contribution in [0.1, 0.15) is 24.3 Å². The van der Waals surface area contributed by atoms with Gasteiger partial charge in [-0.15, -0.1) is 0 Å². The van der Waals surface area contributed by atoms with Crippen LogP contribution in [0.15, 0.2) is 28.7 Å². The van der Waals surface area contributed by atoms with Gasteiger partial charge in [0, 0.05) is 20.3 Å². The maximum absolute atomic E-state index is 12.0. The topological polar surface area (TPSA) is 73.6 Å². The van der Waals surface area contributed by atoms with Gasteiger partial charge in [-0.2, -0.15) is 0 Å². The van der Waals surface area contributed by atoms with E-state index < -0.39 is 0 Å². The van der Waals surface area contributed by atoms with Crippen molar-refractivity contribution in [2.24, 2.45) is 0 Å². The molecule has 130 valence electrons. The molecule has 1 heterocycles. The number of carbonyl (C=O) groups is 1. The molecule has 0 atom stereocenters. The van der Waals surface area contributed by atoms with Crippen LogP contribution in [-0.2, 0) is 16.0 Å². The van der Waals surface area contributed by atoms with Gasteiger partial charge >= 0.3 is 0 Å². The molecule has 2 aromatic rings. The number of unbranched alkanes of at least 4 members (excludes halogenated alkanes) is 1. The first kappa shape index (κ1) is 18.0. The standard InChI is InChI=1S/C18H24N2O4/c1-13-15(12-17(21)19-10-6-7-11-22-2)20-18(24-13)14-8-4-5-9-16(14)23-3/h4-5,8-9H,6-7,10-12H2,1-3H3,(H,19,21). The van der Waals surface area contributed by atoms with Crippen LogP contribution in [0.4, 0.5) is 0 Å². The zero-order chi connectivity index (χ0) is 17.4. The lowest BCUT2D eigenvalue weighted by atomic mass is 10.2. The molecule has 0 aliphatic carbocycles. The molecule has 0 saturated carbocycles. The van der Waals surface area contributed by atoms with Crippen LogP contribution >= 0.6 is 0 Å². The Kier molecular flexibility index (Phi) is 6.81. The third-order valence-corrected chi connectivity index (χ3v) is 3.66. The van der Waals surface area contributed by atoms with Gasteiger partial charge in [0.25, 0.3) is 0 Å². The fourth-order valence-corrected chi connectivity index (χ4v) is 2.34. The van der Waals surface area contributed by atoms with Crippen molar-refractivity contribution < 1.29 is 18.7 Å². The Hall–Kier alpha value is -2.34. The number of nitrogens with zero attached hydrogens (tertiary/aromatic N) is 1. The number of oxazole rings is 1. The summed E-state index contributed by atoms with van der Waals surface area (Å²) in [5.41, 5.74) is 1.42. The fraction of sp³-hybridized carbons (Fsp3) is 0.444. The van der Waals surface area contributed by atoms with E-state index in [1.165, 1.54) is 0 Å². The number of aromatic nitrogens is 1. The van der Waals surface area contributed by atoms with Gasteiger partial charge in [0.15, 0.2) is 0 Å². The number of methoxy groups -OCH3 is 2. The highest BCUT2D eigenvalue weighted by Gasteiger charge is 2.16. The minimum Gasteiger partial charge on any atom is -0.496 e. The molecule has 6 nitrogen and oxygen atoms in total. The second-order valence-corrected chi connectivity index (χ2v) is 5.45. The van der Waals surface area contributed by atoms with Crippen LogP contribution in [-0.4, -0.2) is 38.3 Å². The molecule has 0 aliphatic rings. The smallest absolute Gasteiger partial charge is 0.230 e. The van der Waals surface area contributed by atoms with E-state index in [9.17, 15) is 4.79 Å². The SMILES string of the molecule is COCCCCNC(=O)Cc1nc(-c2ccccc2OC)oc1C. The predicted octanol–water partition coefficient (Wildman–Crippen LogP) is 2.74. The molecule has 0 bridgehead atoms. The van der Waals surface area contributed by atoms with Crippen molar-refractivity contribution in [2.45, 2.75) is 26.2 Å². The van der Waals surface area contributed by atoms with Gasteiger partial charge in [0.2, 0.25) is 11.8 Å². The molecule has 0 fully saturated rings. The van der Waals surface area contributed by atoms with Crippen molar-refractivity contribution in [3.8, 4) is 17.2 Å². The van der Waals surface area contributed by atoms with Crippen LogP contribution < -0.4 is 10.1 Å². The lowest BCUT2D eigenvalue weighted by Crippen LogP contribution is -2.26. The monoisotopic (exact) mass is 332 g/mol. The first-order valence-corrected chi connectivity index (χ1v) is 8.01. The number of ether oxygens (including phenoxy) is 2. The Morgan fingerprint density at radius 2 is 2.04 bits per heavy atom. The average Bonchev–Trinajstić information content (AvgIpc) is 2.95.